The Labute approximate surface area is 116 Å². The van der Waals surface area contributed by atoms with Gasteiger partial charge < -0.3 is 5.32 Å². The van der Waals surface area contributed by atoms with Crippen LogP contribution >= 0.6 is 0 Å². The average molecular weight is 284 g/mol. The number of nitrogens with zero attached hydrogens (tertiary/aromatic N) is 1. The van der Waals surface area contributed by atoms with Gasteiger partial charge in [0.05, 0.1) is 4.90 Å². The number of unbranched alkanes of at least 4 members (excludes halogenated alkanes) is 3. The normalized spacial score (nSPS) is 11.8. The van der Waals surface area contributed by atoms with E-state index in [2.05, 4.69) is 12.2 Å². The number of hydrogen-bond acceptors (Lipinski definition) is 3. The second-order valence-electron chi connectivity index (χ2n) is 4.80. The van der Waals surface area contributed by atoms with E-state index in [0.29, 0.717) is 4.90 Å². The molecule has 1 rings (SSSR count). The van der Waals surface area contributed by atoms with Crippen LogP contribution in [0.15, 0.2) is 29.2 Å². The van der Waals surface area contributed by atoms with Crippen LogP contribution in [-0.2, 0) is 10.0 Å². The van der Waals surface area contributed by atoms with Crippen LogP contribution in [0.25, 0.3) is 0 Å². The van der Waals surface area contributed by atoms with Crippen LogP contribution in [0.4, 0.5) is 5.69 Å². The molecule has 1 N–H and O–H groups in total. The molecular formula is C14H24N2O2S. The summed E-state index contributed by atoms with van der Waals surface area (Å²) in [5.74, 6) is 0. The number of anilines is 1. The summed E-state index contributed by atoms with van der Waals surface area (Å²) < 4.78 is 25.0. The topological polar surface area (TPSA) is 49.4 Å². The summed E-state index contributed by atoms with van der Waals surface area (Å²) >= 11 is 0. The lowest BCUT2D eigenvalue weighted by molar-refractivity contribution is 0.521. The zero-order chi connectivity index (χ0) is 14.3. The maximum atomic E-state index is 11.9. The number of benzene rings is 1. The van der Waals surface area contributed by atoms with Gasteiger partial charge in [-0.3, -0.25) is 0 Å². The molecule has 0 aliphatic carbocycles. The molecule has 0 unspecified atom stereocenters. The second-order valence-corrected chi connectivity index (χ2v) is 6.95. The molecule has 0 bridgehead atoms. The Morgan fingerprint density at radius 3 is 2.21 bits per heavy atom. The molecule has 0 fully saturated rings. The highest BCUT2D eigenvalue weighted by molar-refractivity contribution is 7.89. The van der Waals surface area contributed by atoms with E-state index in [-0.39, 0.29) is 0 Å². The summed E-state index contributed by atoms with van der Waals surface area (Å²) in [6.07, 6.45) is 4.88. The number of hydrogen-bond donors (Lipinski definition) is 1. The van der Waals surface area contributed by atoms with E-state index in [0.717, 1.165) is 18.7 Å². The van der Waals surface area contributed by atoms with Crippen LogP contribution in [0, 0.1) is 0 Å². The van der Waals surface area contributed by atoms with Crippen molar-refractivity contribution in [3.8, 4) is 0 Å². The van der Waals surface area contributed by atoms with E-state index >= 15 is 0 Å². The Kier molecular flexibility index (Phi) is 6.31. The second kappa shape index (κ2) is 7.50. The highest BCUT2D eigenvalue weighted by Crippen LogP contribution is 2.16. The van der Waals surface area contributed by atoms with Crippen molar-refractivity contribution in [1.82, 2.24) is 4.31 Å². The molecule has 0 aliphatic rings. The zero-order valence-corrected chi connectivity index (χ0v) is 12.8. The van der Waals surface area contributed by atoms with Crippen molar-refractivity contribution in [1.29, 1.82) is 0 Å². The van der Waals surface area contributed by atoms with Crippen molar-refractivity contribution in [2.24, 2.45) is 0 Å². The lowest BCUT2D eigenvalue weighted by Crippen LogP contribution is -2.22. The Morgan fingerprint density at radius 1 is 1.05 bits per heavy atom. The quantitative estimate of drug-likeness (QED) is 0.747. The first-order valence-corrected chi connectivity index (χ1v) is 8.19. The van der Waals surface area contributed by atoms with Gasteiger partial charge in [-0.1, -0.05) is 26.2 Å². The van der Waals surface area contributed by atoms with E-state index in [1.807, 2.05) is 12.1 Å². The van der Waals surface area contributed by atoms with Crippen LogP contribution in [0.3, 0.4) is 0 Å². The fourth-order valence-corrected chi connectivity index (χ4v) is 2.64. The predicted octanol–water partition coefficient (Wildman–Crippen LogP) is 2.93. The van der Waals surface area contributed by atoms with Gasteiger partial charge in [0.25, 0.3) is 0 Å². The van der Waals surface area contributed by atoms with Crippen LogP contribution in [0.2, 0.25) is 0 Å². The molecule has 0 heterocycles. The Bertz CT molecular complexity index is 467. The molecule has 0 atom stereocenters. The summed E-state index contributed by atoms with van der Waals surface area (Å²) in [6, 6.07) is 6.92. The molecule has 4 nitrogen and oxygen atoms in total. The standard InChI is InChI=1S/C14H24N2O2S/c1-4-5-6-7-12-15-13-8-10-14(11-9-13)19(17,18)16(2)3/h8-11,15H,4-7,12H2,1-3H3. The Morgan fingerprint density at radius 2 is 1.68 bits per heavy atom. The minimum Gasteiger partial charge on any atom is -0.385 e. The fourth-order valence-electron chi connectivity index (χ4n) is 1.74. The highest BCUT2D eigenvalue weighted by Gasteiger charge is 2.16. The largest absolute Gasteiger partial charge is 0.385 e. The van der Waals surface area contributed by atoms with Gasteiger partial charge in [-0.25, -0.2) is 12.7 Å². The summed E-state index contributed by atoms with van der Waals surface area (Å²) in [5.41, 5.74) is 0.967. The van der Waals surface area contributed by atoms with Crippen LogP contribution in [0.1, 0.15) is 32.6 Å². The van der Waals surface area contributed by atoms with Gasteiger partial charge in [-0.05, 0) is 30.7 Å². The van der Waals surface area contributed by atoms with E-state index in [9.17, 15) is 8.42 Å². The summed E-state index contributed by atoms with van der Waals surface area (Å²) in [6.45, 7) is 3.12. The van der Waals surface area contributed by atoms with Gasteiger partial charge in [0.15, 0.2) is 0 Å². The van der Waals surface area contributed by atoms with Gasteiger partial charge in [-0.15, -0.1) is 0 Å². The first-order valence-electron chi connectivity index (χ1n) is 6.75. The van der Waals surface area contributed by atoms with Crippen molar-refractivity contribution < 1.29 is 8.42 Å². The summed E-state index contributed by atoms with van der Waals surface area (Å²) in [4.78, 5) is 0.328. The molecule has 0 aliphatic heterocycles. The van der Waals surface area contributed by atoms with Gasteiger partial charge in [-0.2, -0.15) is 0 Å². The van der Waals surface area contributed by atoms with Gasteiger partial charge in [0.2, 0.25) is 10.0 Å². The van der Waals surface area contributed by atoms with Crippen molar-refractivity contribution in [2.75, 3.05) is 26.0 Å². The highest BCUT2D eigenvalue weighted by atomic mass is 32.2. The third-order valence-electron chi connectivity index (χ3n) is 2.99. The molecule has 0 aromatic heterocycles. The molecule has 0 spiro atoms. The lowest BCUT2D eigenvalue weighted by atomic mass is 10.2. The van der Waals surface area contributed by atoms with E-state index in [4.69, 9.17) is 0 Å². The fraction of sp³-hybridized carbons (Fsp3) is 0.571. The van der Waals surface area contributed by atoms with E-state index in [1.165, 1.54) is 37.7 Å². The van der Waals surface area contributed by atoms with Crippen LogP contribution in [0.5, 0.6) is 0 Å². The molecule has 1 aromatic rings. The zero-order valence-electron chi connectivity index (χ0n) is 12.0. The third-order valence-corrected chi connectivity index (χ3v) is 4.82. The SMILES string of the molecule is CCCCCCNc1ccc(S(=O)(=O)N(C)C)cc1. The molecular weight excluding hydrogens is 260 g/mol. The Balaban J connectivity index is 2.53. The van der Waals surface area contributed by atoms with Crippen LogP contribution < -0.4 is 5.32 Å². The Hall–Kier alpha value is -1.07. The number of nitrogens with one attached hydrogen (secondary N) is 1. The van der Waals surface area contributed by atoms with Gasteiger partial charge >= 0.3 is 0 Å². The summed E-state index contributed by atoms with van der Waals surface area (Å²) in [7, 11) is -0.247. The first-order chi connectivity index (χ1) is 8.98. The average Bonchev–Trinajstić information content (AvgIpc) is 2.39. The predicted molar refractivity (Wildman–Crippen MR) is 79.9 cm³/mol. The maximum absolute atomic E-state index is 11.9. The number of sulfonamides is 1. The maximum Gasteiger partial charge on any atom is 0.242 e. The molecule has 0 radical (unpaired) electrons. The molecule has 0 saturated heterocycles. The van der Waals surface area contributed by atoms with Gasteiger partial charge in [0.1, 0.15) is 0 Å². The minimum absolute atomic E-state index is 0.328. The molecule has 5 heteroatoms. The first kappa shape index (κ1) is 16.0. The van der Waals surface area contributed by atoms with Gasteiger partial charge in [0, 0.05) is 26.3 Å². The summed E-state index contributed by atoms with van der Waals surface area (Å²) in [5, 5.41) is 3.30. The molecule has 0 saturated carbocycles. The van der Waals surface area contributed by atoms with E-state index in [1.54, 1.807) is 12.1 Å². The van der Waals surface area contributed by atoms with Crippen molar-refractivity contribution in [3.63, 3.8) is 0 Å². The monoisotopic (exact) mass is 284 g/mol. The molecule has 108 valence electrons. The van der Waals surface area contributed by atoms with E-state index < -0.39 is 10.0 Å². The third kappa shape index (κ3) is 4.84. The lowest BCUT2D eigenvalue weighted by Gasteiger charge is -2.12. The smallest absolute Gasteiger partial charge is 0.242 e. The molecule has 1 aromatic carbocycles. The van der Waals surface area contributed by atoms with Crippen molar-refractivity contribution in [2.45, 2.75) is 37.5 Å². The minimum atomic E-state index is -3.32. The molecule has 0 amide bonds. The molecule has 19 heavy (non-hydrogen) atoms. The number of rotatable bonds is 8. The van der Waals surface area contributed by atoms with Crippen molar-refractivity contribution >= 4 is 15.7 Å². The van der Waals surface area contributed by atoms with Crippen molar-refractivity contribution in [3.05, 3.63) is 24.3 Å². The van der Waals surface area contributed by atoms with Crippen LogP contribution in [-0.4, -0.2) is 33.4 Å².